The second-order valence-corrected chi connectivity index (χ2v) is 9.23. The number of anilines is 1. The van der Waals surface area contributed by atoms with Gasteiger partial charge in [-0.05, 0) is 45.7 Å². The Hall–Kier alpha value is -2.39. The fourth-order valence-corrected chi connectivity index (χ4v) is 4.70. The number of nitrogens with one attached hydrogen (secondary N) is 1. The third-order valence-corrected chi connectivity index (χ3v) is 6.83. The smallest absolute Gasteiger partial charge is 0.262 e. The highest BCUT2D eigenvalue weighted by Gasteiger charge is 2.33. The Morgan fingerprint density at radius 2 is 1.97 bits per heavy atom. The molecule has 1 aliphatic rings. The standard InChI is InChI=1S/C20H28N4O4S/c1-4-28-18-8-6-5-7-17(18)22-20(25)16-9-11-24(12-10-16)29(26,27)19-13-23(14-21-19)15(2)3/h5-8,13-16H,4,9-12H2,1-3H3,(H,22,25). The van der Waals surface area contributed by atoms with Crippen LogP contribution in [0.25, 0.3) is 0 Å². The van der Waals surface area contributed by atoms with Crippen molar-refractivity contribution in [1.29, 1.82) is 0 Å². The van der Waals surface area contributed by atoms with Crippen LogP contribution >= 0.6 is 0 Å². The molecule has 0 unspecified atom stereocenters. The van der Waals surface area contributed by atoms with E-state index in [1.807, 2.05) is 39.0 Å². The van der Waals surface area contributed by atoms with Gasteiger partial charge in [-0.3, -0.25) is 4.79 Å². The summed E-state index contributed by atoms with van der Waals surface area (Å²) in [7, 11) is -3.65. The first-order valence-electron chi connectivity index (χ1n) is 9.89. The van der Waals surface area contributed by atoms with Gasteiger partial charge in [0.25, 0.3) is 10.0 Å². The molecule has 158 valence electrons. The molecular weight excluding hydrogens is 392 g/mol. The molecule has 1 N–H and O–H groups in total. The molecule has 3 rings (SSSR count). The fraction of sp³-hybridized carbons (Fsp3) is 0.500. The molecule has 2 heterocycles. The molecule has 2 aromatic rings. The second-order valence-electron chi connectivity index (χ2n) is 7.35. The van der Waals surface area contributed by atoms with Gasteiger partial charge < -0.3 is 14.6 Å². The van der Waals surface area contributed by atoms with Crippen molar-refractivity contribution >= 4 is 21.6 Å². The Bertz CT molecular complexity index is 947. The number of amides is 1. The van der Waals surface area contributed by atoms with Gasteiger partial charge in [-0.2, -0.15) is 4.31 Å². The van der Waals surface area contributed by atoms with Crippen molar-refractivity contribution in [3.8, 4) is 5.75 Å². The predicted molar refractivity (Wildman–Crippen MR) is 110 cm³/mol. The lowest BCUT2D eigenvalue weighted by Gasteiger charge is -2.30. The summed E-state index contributed by atoms with van der Waals surface area (Å²) in [5.41, 5.74) is 0.633. The number of rotatable bonds is 7. The van der Waals surface area contributed by atoms with Gasteiger partial charge in [0.2, 0.25) is 5.91 Å². The zero-order valence-electron chi connectivity index (χ0n) is 17.0. The van der Waals surface area contributed by atoms with Crippen LogP contribution in [0, 0.1) is 5.92 Å². The molecule has 1 aromatic carbocycles. The Morgan fingerprint density at radius 3 is 2.59 bits per heavy atom. The van der Waals surface area contributed by atoms with Gasteiger partial charge in [-0.1, -0.05) is 12.1 Å². The van der Waals surface area contributed by atoms with E-state index in [4.69, 9.17) is 4.74 Å². The summed E-state index contributed by atoms with van der Waals surface area (Å²) < 4.78 is 34.4. The number of ether oxygens (including phenoxy) is 1. The highest BCUT2D eigenvalue weighted by atomic mass is 32.2. The van der Waals surface area contributed by atoms with Gasteiger partial charge in [0, 0.05) is 31.2 Å². The number of benzene rings is 1. The molecule has 1 saturated heterocycles. The number of carbonyl (C=O) groups is 1. The molecule has 0 aliphatic carbocycles. The van der Waals surface area contributed by atoms with Crippen molar-refractivity contribution in [3.05, 3.63) is 36.8 Å². The molecule has 9 heteroatoms. The first-order valence-corrected chi connectivity index (χ1v) is 11.3. The molecule has 8 nitrogen and oxygen atoms in total. The molecule has 0 spiro atoms. The van der Waals surface area contributed by atoms with E-state index in [0.29, 0.717) is 44.0 Å². The summed E-state index contributed by atoms with van der Waals surface area (Å²) >= 11 is 0. The van der Waals surface area contributed by atoms with Crippen molar-refractivity contribution in [2.24, 2.45) is 5.92 Å². The van der Waals surface area contributed by atoms with E-state index in [1.165, 1.54) is 10.6 Å². The van der Waals surface area contributed by atoms with Crippen molar-refractivity contribution in [2.45, 2.75) is 44.7 Å². The van der Waals surface area contributed by atoms with Gasteiger partial charge in [0.15, 0.2) is 5.03 Å². The van der Waals surface area contributed by atoms with Crippen LogP contribution in [-0.4, -0.2) is 47.9 Å². The van der Waals surface area contributed by atoms with Crippen LogP contribution in [0.5, 0.6) is 5.75 Å². The van der Waals surface area contributed by atoms with Crippen molar-refractivity contribution < 1.29 is 17.9 Å². The van der Waals surface area contributed by atoms with E-state index in [9.17, 15) is 13.2 Å². The van der Waals surface area contributed by atoms with Crippen LogP contribution in [0.15, 0.2) is 41.8 Å². The van der Waals surface area contributed by atoms with Crippen LogP contribution in [-0.2, 0) is 14.8 Å². The number of hydrogen-bond donors (Lipinski definition) is 1. The average Bonchev–Trinajstić information content (AvgIpc) is 3.21. The van der Waals surface area contributed by atoms with Gasteiger partial charge >= 0.3 is 0 Å². The molecule has 0 bridgehead atoms. The van der Waals surface area contributed by atoms with Crippen LogP contribution < -0.4 is 10.1 Å². The quantitative estimate of drug-likeness (QED) is 0.743. The van der Waals surface area contributed by atoms with E-state index in [2.05, 4.69) is 10.3 Å². The number of para-hydroxylation sites is 2. The number of hydrogen-bond acceptors (Lipinski definition) is 5. The molecule has 0 atom stereocenters. The summed E-state index contributed by atoms with van der Waals surface area (Å²) in [5, 5.41) is 2.97. The minimum Gasteiger partial charge on any atom is -0.492 e. The molecule has 0 radical (unpaired) electrons. The Labute approximate surface area is 171 Å². The van der Waals surface area contributed by atoms with Gasteiger partial charge in [-0.15, -0.1) is 0 Å². The number of sulfonamides is 1. The summed E-state index contributed by atoms with van der Waals surface area (Å²) in [4.78, 5) is 16.7. The maximum Gasteiger partial charge on any atom is 0.262 e. The lowest BCUT2D eigenvalue weighted by Crippen LogP contribution is -2.41. The summed E-state index contributed by atoms with van der Waals surface area (Å²) in [6.07, 6.45) is 4.02. The van der Waals surface area contributed by atoms with Crippen LogP contribution in [0.3, 0.4) is 0 Å². The number of piperidine rings is 1. The number of nitrogens with zero attached hydrogens (tertiary/aromatic N) is 3. The highest BCUT2D eigenvalue weighted by Crippen LogP contribution is 2.27. The maximum atomic E-state index is 12.8. The number of aromatic nitrogens is 2. The summed E-state index contributed by atoms with van der Waals surface area (Å²) in [5.74, 6) is 0.270. The first kappa shape index (κ1) is 21.3. The fourth-order valence-electron chi connectivity index (χ4n) is 3.31. The van der Waals surface area contributed by atoms with Gasteiger partial charge in [-0.25, -0.2) is 13.4 Å². The zero-order valence-corrected chi connectivity index (χ0v) is 17.9. The second kappa shape index (κ2) is 8.96. The lowest BCUT2D eigenvalue weighted by atomic mass is 9.97. The minimum absolute atomic E-state index is 0.0553. The number of carbonyl (C=O) groups excluding carboxylic acids is 1. The topological polar surface area (TPSA) is 93.5 Å². The van der Waals surface area contributed by atoms with E-state index in [0.717, 1.165) is 0 Å². The van der Waals surface area contributed by atoms with Crippen LogP contribution in [0.1, 0.15) is 39.7 Å². The Morgan fingerprint density at radius 1 is 1.28 bits per heavy atom. The monoisotopic (exact) mass is 420 g/mol. The molecule has 1 fully saturated rings. The molecular formula is C20H28N4O4S. The van der Waals surface area contributed by atoms with Gasteiger partial charge in [0.1, 0.15) is 5.75 Å². The SMILES string of the molecule is CCOc1ccccc1NC(=O)C1CCN(S(=O)(=O)c2cn(C(C)C)cn2)CC1. The van der Waals surface area contributed by atoms with E-state index >= 15 is 0 Å². The van der Waals surface area contributed by atoms with E-state index in [1.54, 1.807) is 16.8 Å². The Balaban J connectivity index is 1.62. The number of imidazole rings is 1. The van der Waals surface area contributed by atoms with Crippen molar-refractivity contribution in [3.63, 3.8) is 0 Å². The van der Waals surface area contributed by atoms with Crippen molar-refractivity contribution in [2.75, 3.05) is 25.0 Å². The zero-order chi connectivity index (χ0) is 21.0. The third kappa shape index (κ3) is 4.79. The van der Waals surface area contributed by atoms with Crippen molar-refractivity contribution in [1.82, 2.24) is 13.9 Å². The van der Waals surface area contributed by atoms with Gasteiger partial charge in [0.05, 0.1) is 18.6 Å². The largest absolute Gasteiger partial charge is 0.492 e. The molecule has 0 saturated carbocycles. The van der Waals surface area contributed by atoms with Crippen LogP contribution in [0.2, 0.25) is 0 Å². The summed E-state index contributed by atoms with van der Waals surface area (Å²) in [6.45, 7) is 6.91. The van der Waals surface area contributed by atoms with E-state index < -0.39 is 10.0 Å². The molecule has 29 heavy (non-hydrogen) atoms. The molecule has 1 aromatic heterocycles. The predicted octanol–water partition coefficient (Wildman–Crippen LogP) is 2.90. The maximum absolute atomic E-state index is 12.8. The average molecular weight is 421 g/mol. The normalized spacial score (nSPS) is 16.1. The minimum atomic E-state index is -3.65. The lowest BCUT2D eigenvalue weighted by molar-refractivity contribution is -0.120. The van der Waals surface area contributed by atoms with Crippen LogP contribution in [0.4, 0.5) is 5.69 Å². The third-order valence-electron chi connectivity index (χ3n) is 5.05. The van der Waals surface area contributed by atoms with E-state index in [-0.39, 0.29) is 22.9 Å². The first-order chi connectivity index (χ1) is 13.8. The Kier molecular flexibility index (Phi) is 6.59. The molecule has 1 aliphatic heterocycles. The molecule has 1 amide bonds. The summed E-state index contributed by atoms with van der Waals surface area (Å²) in [6, 6.07) is 7.44. The highest BCUT2D eigenvalue weighted by molar-refractivity contribution is 7.89.